The summed E-state index contributed by atoms with van der Waals surface area (Å²) in [6, 6.07) is 0.416. The zero-order chi connectivity index (χ0) is 12.6. The van der Waals surface area contributed by atoms with Gasteiger partial charge in [0, 0.05) is 0 Å². The van der Waals surface area contributed by atoms with E-state index in [0.717, 1.165) is 5.52 Å². The van der Waals surface area contributed by atoms with E-state index in [-0.39, 0.29) is 6.10 Å². The maximum atomic E-state index is 5.63. The highest BCUT2D eigenvalue weighted by Crippen LogP contribution is 2.22. The van der Waals surface area contributed by atoms with Crippen molar-refractivity contribution in [1.29, 1.82) is 0 Å². The molecule has 96 valence electrons. The summed E-state index contributed by atoms with van der Waals surface area (Å²) in [5.74, 6) is -0.534. The van der Waals surface area contributed by atoms with Crippen LogP contribution in [0.4, 0.5) is 0 Å². The second kappa shape index (κ2) is 4.18. The second-order valence-corrected chi connectivity index (χ2v) is 4.56. The van der Waals surface area contributed by atoms with E-state index in [4.69, 9.17) is 14.2 Å². The number of rotatable bonds is 3. The number of aromatic nitrogens is 4. The predicted octanol–water partition coefficient (Wildman–Crippen LogP) is 0.883. The van der Waals surface area contributed by atoms with Crippen molar-refractivity contribution in [3.05, 3.63) is 12.5 Å². The van der Waals surface area contributed by atoms with Crippen molar-refractivity contribution in [1.82, 2.24) is 19.9 Å². The summed E-state index contributed by atoms with van der Waals surface area (Å²) in [6.07, 6.45) is 3.02. The first-order chi connectivity index (χ1) is 8.62. The fraction of sp³-hybridized carbons (Fsp3) is 0.545. The lowest BCUT2D eigenvalue weighted by Gasteiger charge is -2.16. The molecule has 1 saturated heterocycles. The number of H-pyrrole nitrogens is 1. The zero-order valence-corrected chi connectivity index (χ0v) is 10.2. The van der Waals surface area contributed by atoms with Gasteiger partial charge in [-0.25, -0.2) is 9.97 Å². The summed E-state index contributed by atoms with van der Waals surface area (Å²) in [5, 5.41) is 0. The number of nitrogens with zero attached hydrogens (tertiary/aromatic N) is 3. The Labute approximate surface area is 104 Å². The number of hydrogen-bond donors (Lipinski definition) is 1. The van der Waals surface area contributed by atoms with Gasteiger partial charge in [0.25, 0.3) is 6.01 Å². The lowest BCUT2D eigenvalue weighted by Crippen LogP contribution is -2.25. The molecule has 0 aromatic carbocycles. The summed E-state index contributed by atoms with van der Waals surface area (Å²) in [6.45, 7) is 4.66. The van der Waals surface area contributed by atoms with Crippen molar-refractivity contribution in [3.8, 4) is 6.01 Å². The van der Waals surface area contributed by atoms with Crippen LogP contribution in [0.2, 0.25) is 0 Å². The van der Waals surface area contributed by atoms with Crippen LogP contribution in [0.5, 0.6) is 6.01 Å². The summed E-state index contributed by atoms with van der Waals surface area (Å²) in [5.41, 5.74) is 1.33. The van der Waals surface area contributed by atoms with Gasteiger partial charge in [0.05, 0.1) is 12.8 Å². The van der Waals surface area contributed by atoms with E-state index < -0.39 is 5.79 Å². The molecule has 1 fully saturated rings. The van der Waals surface area contributed by atoms with Crippen LogP contribution < -0.4 is 4.74 Å². The molecule has 1 aliphatic heterocycles. The first-order valence-corrected chi connectivity index (χ1v) is 5.73. The summed E-state index contributed by atoms with van der Waals surface area (Å²) in [4.78, 5) is 15.1. The van der Waals surface area contributed by atoms with E-state index in [1.54, 1.807) is 6.20 Å². The Morgan fingerprint density at radius 2 is 2.44 bits per heavy atom. The van der Waals surface area contributed by atoms with E-state index >= 15 is 0 Å². The molecular formula is C11H14N4O3. The van der Waals surface area contributed by atoms with Gasteiger partial charge < -0.3 is 19.2 Å². The van der Waals surface area contributed by atoms with Crippen molar-refractivity contribution < 1.29 is 14.2 Å². The van der Waals surface area contributed by atoms with E-state index in [9.17, 15) is 0 Å². The van der Waals surface area contributed by atoms with Crippen molar-refractivity contribution in [2.24, 2.45) is 0 Å². The first-order valence-electron chi connectivity index (χ1n) is 5.73. The molecule has 3 rings (SSSR count). The number of hydrogen-bond acceptors (Lipinski definition) is 6. The average Bonchev–Trinajstić information content (AvgIpc) is 2.89. The molecule has 0 radical (unpaired) electrons. The van der Waals surface area contributed by atoms with Crippen LogP contribution in [0.25, 0.3) is 11.2 Å². The van der Waals surface area contributed by atoms with Crippen LogP contribution in [0.15, 0.2) is 12.5 Å². The normalized spacial score (nSPS) is 22.4. The van der Waals surface area contributed by atoms with Crippen molar-refractivity contribution in [2.45, 2.75) is 25.7 Å². The molecule has 0 bridgehead atoms. The van der Waals surface area contributed by atoms with Gasteiger partial charge in [-0.2, -0.15) is 4.98 Å². The standard InChI is InChI=1S/C11H14N4O3/c1-11(2)17-5-7(18-11)4-16-10-14-8-3-12-6-13-9(8)15-10/h3,6-7H,4-5H2,1-2H3,(H,12,13,14,15). The predicted molar refractivity (Wildman–Crippen MR) is 62.1 cm³/mol. The Morgan fingerprint density at radius 1 is 1.56 bits per heavy atom. The highest BCUT2D eigenvalue weighted by atomic mass is 16.7. The number of fused-ring (bicyclic) bond motifs is 1. The number of ether oxygens (including phenoxy) is 3. The van der Waals surface area contributed by atoms with Crippen molar-refractivity contribution in [2.75, 3.05) is 13.2 Å². The minimum absolute atomic E-state index is 0.0840. The number of nitrogens with one attached hydrogen (secondary N) is 1. The molecule has 18 heavy (non-hydrogen) atoms. The topological polar surface area (TPSA) is 82.2 Å². The van der Waals surface area contributed by atoms with Crippen LogP contribution in [0.1, 0.15) is 13.8 Å². The molecule has 2 aromatic heterocycles. The van der Waals surface area contributed by atoms with Gasteiger partial charge in [-0.15, -0.1) is 0 Å². The minimum atomic E-state index is -0.534. The van der Waals surface area contributed by atoms with Gasteiger partial charge >= 0.3 is 0 Å². The van der Waals surface area contributed by atoms with Gasteiger partial charge in [-0.05, 0) is 13.8 Å². The van der Waals surface area contributed by atoms with E-state index in [0.29, 0.717) is 24.9 Å². The SMILES string of the molecule is CC1(C)OCC(COc2nc3ncncc3[nH]2)O1. The molecule has 7 nitrogen and oxygen atoms in total. The monoisotopic (exact) mass is 250 g/mol. The second-order valence-electron chi connectivity index (χ2n) is 4.56. The molecule has 1 atom stereocenters. The quantitative estimate of drug-likeness (QED) is 0.870. The summed E-state index contributed by atoms with van der Waals surface area (Å²) < 4.78 is 16.6. The molecule has 1 aliphatic rings. The molecule has 1 N–H and O–H groups in total. The fourth-order valence-electron chi connectivity index (χ4n) is 1.83. The molecule has 0 spiro atoms. The maximum Gasteiger partial charge on any atom is 0.296 e. The van der Waals surface area contributed by atoms with Gasteiger partial charge in [0.15, 0.2) is 11.4 Å². The van der Waals surface area contributed by atoms with E-state index in [1.807, 2.05) is 13.8 Å². The minimum Gasteiger partial charge on any atom is -0.462 e. The number of aromatic amines is 1. The largest absolute Gasteiger partial charge is 0.462 e. The van der Waals surface area contributed by atoms with Crippen LogP contribution in [-0.2, 0) is 9.47 Å². The smallest absolute Gasteiger partial charge is 0.296 e. The fourth-order valence-corrected chi connectivity index (χ4v) is 1.83. The van der Waals surface area contributed by atoms with Crippen LogP contribution in [-0.4, -0.2) is 45.0 Å². The molecule has 2 aromatic rings. The first kappa shape index (κ1) is 11.4. The van der Waals surface area contributed by atoms with E-state index in [2.05, 4.69) is 19.9 Å². The Kier molecular flexibility index (Phi) is 2.64. The summed E-state index contributed by atoms with van der Waals surface area (Å²) in [7, 11) is 0. The molecular weight excluding hydrogens is 236 g/mol. The van der Waals surface area contributed by atoms with Crippen LogP contribution >= 0.6 is 0 Å². The summed E-state index contributed by atoms with van der Waals surface area (Å²) >= 11 is 0. The van der Waals surface area contributed by atoms with Crippen molar-refractivity contribution in [3.63, 3.8) is 0 Å². The molecule has 0 amide bonds. The molecule has 3 heterocycles. The van der Waals surface area contributed by atoms with Gasteiger partial charge in [0.2, 0.25) is 0 Å². The van der Waals surface area contributed by atoms with Crippen LogP contribution in [0.3, 0.4) is 0 Å². The molecule has 1 unspecified atom stereocenters. The molecule has 0 aliphatic carbocycles. The lowest BCUT2D eigenvalue weighted by molar-refractivity contribution is -0.141. The Morgan fingerprint density at radius 3 is 3.17 bits per heavy atom. The highest BCUT2D eigenvalue weighted by molar-refractivity contribution is 5.69. The van der Waals surface area contributed by atoms with E-state index in [1.165, 1.54) is 6.33 Å². The lowest BCUT2D eigenvalue weighted by atomic mass is 10.4. The third-order valence-electron chi connectivity index (χ3n) is 2.61. The van der Waals surface area contributed by atoms with Gasteiger partial charge in [-0.3, -0.25) is 0 Å². The Balaban J connectivity index is 1.63. The third-order valence-corrected chi connectivity index (χ3v) is 2.61. The maximum absolute atomic E-state index is 5.63. The van der Waals surface area contributed by atoms with Crippen molar-refractivity contribution >= 4 is 11.2 Å². The third kappa shape index (κ3) is 2.27. The Hall–Kier alpha value is -1.73. The van der Waals surface area contributed by atoms with Gasteiger partial charge in [-0.1, -0.05) is 0 Å². The number of imidazole rings is 1. The molecule has 7 heteroatoms. The van der Waals surface area contributed by atoms with Gasteiger partial charge in [0.1, 0.15) is 24.6 Å². The highest BCUT2D eigenvalue weighted by Gasteiger charge is 2.33. The average molecular weight is 250 g/mol. The Bertz CT molecular complexity index is 521. The zero-order valence-electron chi connectivity index (χ0n) is 10.2. The molecule has 0 saturated carbocycles. The van der Waals surface area contributed by atoms with Crippen LogP contribution in [0, 0.1) is 0 Å².